The Morgan fingerprint density at radius 1 is 1.11 bits per heavy atom. The Hall–Kier alpha value is -1.75. The number of likely N-dealkylation sites (tertiary alicyclic amines) is 1. The second-order valence-electron chi connectivity index (χ2n) is 7.07. The van der Waals surface area contributed by atoms with Crippen molar-refractivity contribution in [3.05, 3.63) is 59.7 Å². The Bertz CT molecular complexity index is 724. The molecule has 0 radical (unpaired) electrons. The van der Waals surface area contributed by atoms with Gasteiger partial charge in [0.2, 0.25) is 0 Å². The van der Waals surface area contributed by atoms with Gasteiger partial charge in [-0.3, -0.25) is 4.90 Å². The van der Waals surface area contributed by atoms with Gasteiger partial charge < -0.3 is 14.6 Å². The number of aliphatic hydroxyl groups is 1. The van der Waals surface area contributed by atoms with Gasteiger partial charge in [-0.15, -0.1) is 12.4 Å². The molecule has 0 saturated carbocycles. The van der Waals surface area contributed by atoms with Crippen molar-refractivity contribution in [2.45, 2.75) is 37.8 Å². The van der Waals surface area contributed by atoms with E-state index in [0.717, 1.165) is 43.7 Å². The highest BCUT2D eigenvalue weighted by Gasteiger charge is 2.35. The minimum Gasteiger partial charge on any atom is -0.497 e. The highest BCUT2D eigenvalue weighted by molar-refractivity contribution is 5.85. The van der Waals surface area contributed by atoms with E-state index in [-0.39, 0.29) is 12.4 Å². The van der Waals surface area contributed by atoms with Crippen molar-refractivity contribution in [3.8, 4) is 11.5 Å². The first kappa shape index (κ1) is 21.5. The summed E-state index contributed by atoms with van der Waals surface area (Å²) in [4.78, 5) is 2.03. The van der Waals surface area contributed by atoms with E-state index in [1.807, 2.05) is 42.3 Å². The van der Waals surface area contributed by atoms with E-state index in [1.54, 1.807) is 7.11 Å². The van der Waals surface area contributed by atoms with Crippen LogP contribution >= 0.6 is 12.4 Å². The molecule has 0 aromatic heterocycles. The lowest BCUT2D eigenvalue weighted by Crippen LogP contribution is -2.42. The average Bonchev–Trinajstić information content (AvgIpc) is 3.00. The Morgan fingerprint density at radius 3 is 2.67 bits per heavy atom. The smallest absolute Gasteiger partial charge is 0.122 e. The summed E-state index contributed by atoms with van der Waals surface area (Å²) in [5.74, 6) is 1.81. The van der Waals surface area contributed by atoms with Crippen LogP contribution in [0.2, 0.25) is 0 Å². The lowest BCUT2D eigenvalue weighted by Gasteiger charge is -2.30. The number of rotatable bonds is 8. The number of halogens is 1. The predicted octanol–water partition coefficient (Wildman–Crippen LogP) is 4.09. The maximum Gasteiger partial charge on any atom is 0.122 e. The third kappa shape index (κ3) is 5.61. The van der Waals surface area contributed by atoms with Gasteiger partial charge in [-0.05, 0) is 62.1 Å². The van der Waals surface area contributed by atoms with Crippen molar-refractivity contribution < 1.29 is 14.6 Å². The molecule has 27 heavy (non-hydrogen) atoms. The fourth-order valence-electron chi connectivity index (χ4n) is 3.60. The van der Waals surface area contributed by atoms with Gasteiger partial charge in [0.15, 0.2) is 0 Å². The number of nitrogens with zero attached hydrogens (tertiary/aromatic N) is 1. The van der Waals surface area contributed by atoms with E-state index in [9.17, 15) is 5.11 Å². The van der Waals surface area contributed by atoms with Gasteiger partial charge in [0, 0.05) is 13.0 Å². The number of methoxy groups -OCH3 is 1. The Balaban J connectivity index is 0.00000261. The standard InChI is InChI=1S/C22H29NO3.ClH/c1-23-15-6-13-22(23,24)14-16-26-21-10-4-3-8-19(21)12-11-18-7-5-9-20(17-18)25-2;/h3-5,7-10,17,24H,6,11-16H2,1-2H3;1H. The molecule has 1 aliphatic rings. The Morgan fingerprint density at radius 2 is 1.93 bits per heavy atom. The first-order valence-corrected chi connectivity index (χ1v) is 9.38. The third-order valence-electron chi connectivity index (χ3n) is 5.33. The van der Waals surface area contributed by atoms with Gasteiger partial charge in [0.05, 0.1) is 13.7 Å². The van der Waals surface area contributed by atoms with E-state index >= 15 is 0 Å². The molecule has 0 bridgehead atoms. The molecule has 4 nitrogen and oxygen atoms in total. The minimum absolute atomic E-state index is 0. The van der Waals surface area contributed by atoms with Crippen LogP contribution in [0.25, 0.3) is 0 Å². The second kappa shape index (κ2) is 9.98. The Kier molecular flexibility index (Phi) is 7.96. The van der Waals surface area contributed by atoms with Crippen molar-refractivity contribution in [3.63, 3.8) is 0 Å². The van der Waals surface area contributed by atoms with Crippen LogP contribution in [-0.4, -0.2) is 43.0 Å². The van der Waals surface area contributed by atoms with E-state index in [2.05, 4.69) is 18.2 Å². The number of benzene rings is 2. The van der Waals surface area contributed by atoms with Crippen molar-refractivity contribution in [2.24, 2.45) is 0 Å². The van der Waals surface area contributed by atoms with Crippen LogP contribution in [0.3, 0.4) is 0 Å². The normalized spacial score (nSPS) is 19.5. The number of ether oxygens (including phenoxy) is 2. The number of hydrogen-bond acceptors (Lipinski definition) is 4. The van der Waals surface area contributed by atoms with Gasteiger partial charge in [-0.1, -0.05) is 30.3 Å². The van der Waals surface area contributed by atoms with Crippen LogP contribution in [0, 0.1) is 0 Å². The molecule has 148 valence electrons. The van der Waals surface area contributed by atoms with Gasteiger partial charge in [0.25, 0.3) is 0 Å². The first-order valence-electron chi connectivity index (χ1n) is 9.38. The molecule has 3 rings (SSSR count). The summed E-state index contributed by atoms with van der Waals surface area (Å²) < 4.78 is 11.3. The summed E-state index contributed by atoms with van der Waals surface area (Å²) in [6, 6.07) is 16.4. The SMILES string of the molecule is COc1cccc(CCc2ccccc2OCCC2(O)CCCN2C)c1.Cl. The maximum absolute atomic E-state index is 10.6. The topological polar surface area (TPSA) is 41.9 Å². The highest BCUT2D eigenvalue weighted by atomic mass is 35.5. The van der Waals surface area contributed by atoms with E-state index in [0.29, 0.717) is 13.0 Å². The predicted molar refractivity (Wildman–Crippen MR) is 111 cm³/mol. The second-order valence-corrected chi connectivity index (χ2v) is 7.07. The molecule has 5 heteroatoms. The van der Waals surface area contributed by atoms with E-state index in [1.165, 1.54) is 11.1 Å². The molecule has 1 unspecified atom stereocenters. The molecule has 0 aliphatic carbocycles. The lowest BCUT2D eigenvalue weighted by molar-refractivity contribution is -0.0800. The number of aryl methyl sites for hydroxylation is 2. The zero-order valence-corrected chi connectivity index (χ0v) is 17.0. The molecule has 2 aromatic carbocycles. The van der Waals surface area contributed by atoms with Crippen LogP contribution in [-0.2, 0) is 12.8 Å². The van der Waals surface area contributed by atoms with Crippen LogP contribution in [0.15, 0.2) is 48.5 Å². The molecule has 1 atom stereocenters. The van der Waals surface area contributed by atoms with Crippen LogP contribution in [0.5, 0.6) is 11.5 Å². The zero-order chi connectivity index (χ0) is 18.4. The average molecular weight is 392 g/mol. The molecule has 0 amide bonds. The molecule has 1 aliphatic heterocycles. The number of hydrogen-bond donors (Lipinski definition) is 1. The van der Waals surface area contributed by atoms with E-state index < -0.39 is 5.72 Å². The van der Waals surface area contributed by atoms with Crippen molar-refractivity contribution in [2.75, 3.05) is 27.3 Å². The lowest BCUT2D eigenvalue weighted by atomic mass is 10.0. The molecule has 1 heterocycles. The summed E-state index contributed by atoms with van der Waals surface area (Å²) in [5.41, 5.74) is 1.73. The van der Waals surface area contributed by atoms with Gasteiger partial charge in [0.1, 0.15) is 17.2 Å². The minimum atomic E-state index is -0.713. The first-order chi connectivity index (χ1) is 12.6. The van der Waals surface area contributed by atoms with Gasteiger partial charge >= 0.3 is 0 Å². The maximum atomic E-state index is 10.6. The quantitative estimate of drug-likeness (QED) is 0.736. The number of para-hydroxylation sites is 1. The monoisotopic (exact) mass is 391 g/mol. The fourth-order valence-corrected chi connectivity index (χ4v) is 3.60. The molecular formula is C22H30ClNO3. The summed E-state index contributed by atoms with van der Waals surface area (Å²) in [7, 11) is 3.67. The molecule has 1 saturated heterocycles. The van der Waals surface area contributed by atoms with Crippen LogP contribution < -0.4 is 9.47 Å². The van der Waals surface area contributed by atoms with Crippen molar-refractivity contribution >= 4 is 12.4 Å². The van der Waals surface area contributed by atoms with Crippen LogP contribution in [0.1, 0.15) is 30.4 Å². The van der Waals surface area contributed by atoms with Crippen LogP contribution in [0.4, 0.5) is 0 Å². The molecular weight excluding hydrogens is 362 g/mol. The third-order valence-corrected chi connectivity index (χ3v) is 5.33. The Labute approximate surface area is 168 Å². The summed E-state index contributed by atoms with van der Waals surface area (Å²) in [6.45, 7) is 1.48. The fraction of sp³-hybridized carbons (Fsp3) is 0.455. The summed E-state index contributed by atoms with van der Waals surface area (Å²) in [5, 5.41) is 10.6. The molecule has 0 spiro atoms. The molecule has 2 aromatic rings. The molecule has 1 fully saturated rings. The van der Waals surface area contributed by atoms with Gasteiger partial charge in [-0.25, -0.2) is 0 Å². The van der Waals surface area contributed by atoms with Crippen molar-refractivity contribution in [1.82, 2.24) is 4.90 Å². The van der Waals surface area contributed by atoms with Gasteiger partial charge in [-0.2, -0.15) is 0 Å². The summed E-state index contributed by atoms with van der Waals surface area (Å²) >= 11 is 0. The molecule has 1 N–H and O–H groups in total. The van der Waals surface area contributed by atoms with Crippen molar-refractivity contribution in [1.29, 1.82) is 0 Å². The largest absolute Gasteiger partial charge is 0.497 e. The zero-order valence-electron chi connectivity index (χ0n) is 16.2. The summed E-state index contributed by atoms with van der Waals surface area (Å²) in [6.07, 6.45) is 4.35. The highest BCUT2D eigenvalue weighted by Crippen LogP contribution is 2.29. The van der Waals surface area contributed by atoms with E-state index in [4.69, 9.17) is 9.47 Å².